The minimum atomic E-state index is 0.465. The van der Waals surface area contributed by atoms with E-state index in [1.165, 1.54) is 12.8 Å². The maximum Gasteiger partial charge on any atom is 0.150 e. The average molecular weight is 255 g/mol. The van der Waals surface area contributed by atoms with Crippen molar-refractivity contribution in [2.45, 2.75) is 18.8 Å². The minimum absolute atomic E-state index is 0.465. The van der Waals surface area contributed by atoms with Crippen molar-refractivity contribution in [1.82, 2.24) is 20.3 Å². The minimum Gasteiger partial charge on any atom is -0.324 e. The summed E-state index contributed by atoms with van der Waals surface area (Å²) < 4.78 is 0. The maximum absolute atomic E-state index is 4.64. The summed E-state index contributed by atoms with van der Waals surface area (Å²) in [6.45, 7) is 2.09. The van der Waals surface area contributed by atoms with Gasteiger partial charge in [0.25, 0.3) is 0 Å². The third-order valence-electron chi connectivity index (χ3n) is 3.29. The van der Waals surface area contributed by atoms with E-state index in [9.17, 15) is 0 Å². The van der Waals surface area contributed by atoms with E-state index >= 15 is 0 Å². The molecule has 0 aliphatic carbocycles. The van der Waals surface area contributed by atoms with Gasteiger partial charge in [0.2, 0.25) is 0 Å². The quantitative estimate of drug-likeness (QED) is 0.879. The molecule has 1 atom stereocenters. The van der Waals surface area contributed by atoms with Crippen molar-refractivity contribution in [2.75, 3.05) is 18.4 Å². The number of nitrogens with one attached hydrogen (secondary N) is 2. The lowest BCUT2D eigenvalue weighted by Crippen LogP contribution is -2.29. The van der Waals surface area contributed by atoms with Crippen molar-refractivity contribution < 1.29 is 0 Å². The Labute approximate surface area is 112 Å². The first kappa shape index (κ1) is 12.0. The molecule has 2 N–H and O–H groups in total. The number of nitrogens with zero attached hydrogens (tertiary/aromatic N) is 3. The second-order valence-electron chi connectivity index (χ2n) is 4.71. The molecule has 19 heavy (non-hydrogen) atoms. The molecule has 0 unspecified atom stereocenters. The number of hydrogen-bond donors (Lipinski definition) is 2. The van der Waals surface area contributed by atoms with Crippen LogP contribution in [0.1, 0.15) is 24.5 Å². The Hall–Kier alpha value is -2.01. The summed E-state index contributed by atoms with van der Waals surface area (Å²) in [5.74, 6) is 2.00. The van der Waals surface area contributed by atoms with Crippen LogP contribution in [0, 0.1) is 0 Å². The van der Waals surface area contributed by atoms with E-state index in [-0.39, 0.29) is 0 Å². The molecule has 2 aromatic heterocycles. The van der Waals surface area contributed by atoms with Crippen LogP contribution in [0.15, 0.2) is 36.8 Å². The van der Waals surface area contributed by atoms with E-state index in [2.05, 4.69) is 25.6 Å². The first-order chi connectivity index (χ1) is 9.42. The van der Waals surface area contributed by atoms with E-state index in [1.807, 2.05) is 24.4 Å². The number of aromatic nitrogens is 3. The molecule has 0 saturated carbocycles. The number of pyridine rings is 1. The molecule has 0 spiro atoms. The van der Waals surface area contributed by atoms with Crippen LogP contribution in [0.2, 0.25) is 0 Å². The molecular weight excluding hydrogens is 238 g/mol. The Morgan fingerprint density at radius 2 is 2.21 bits per heavy atom. The highest BCUT2D eigenvalue weighted by Gasteiger charge is 2.17. The van der Waals surface area contributed by atoms with Crippen molar-refractivity contribution in [1.29, 1.82) is 0 Å². The molecule has 5 nitrogen and oxygen atoms in total. The summed E-state index contributed by atoms with van der Waals surface area (Å²) in [5.41, 5.74) is 1.05. The van der Waals surface area contributed by atoms with Crippen molar-refractivity contribution in [3.05, 3.63) is 42.5 Å². The number of hydrogen-bond acceptors (Lipinski definition) is 5. The standard InChI is InChI=1S/C14H17N5/c1-2-7-17-13(5-1)19-14-10-16-9-12(18-14)11-4-3-6-15-8-11/h1-2,5,7,9-11,15H,3-4,6,8H2,(H,17,18,19)/t11-/m1/s1. The Kier molecular flexibility index (Phi) is 3.65. The fourth-order valence-corrected chi connectivity index (χ4v) is 2.31. The van der Waals surface area contributed by atoms with Crippen LogP contribution in [0.3, 0.4) is 0 Å². The predicted octanol–water partition coefficient (Wildman–Crippen LogP) is 2.08. The zero-order valence-electron chi connectivity index (χ0n) is 10.7. The normalized spacial score (nSPS) is 19.1. The lowest BCUT2D eigenvalue weighted by Gasteiger charge is -2.22. The van der Waals surface area contributed by atoms with Gasteiger partial charge in [-0.2, -0.15) is 0 Å². The SMILES string of the molecule is c1ccc(Nc2cncc([C@@H]3CCCNC3)n2)nc1. The van der Waals surface area contributed by atoms with Crippen LogP contribution in [0.25, 0.3) is 0 Å². The number of rotatable bonds is 3. The number of anilines is 2. The van der Waals surface area contributed by atoms with E-state index in [4.69, 9.17) is 0 Å². The molecule has 0 radical (unpaired) electrons. The highest BCUT2D eigenvalue weighted by molar-refractivity contribution is 5.50. The first-order valence-electron chi connectivity index (χ1n) is 6.62. The lowest BCUT2D eigenvalue weighted by molar-refractivity contribution is 0.454. The summed E-state index contributed by atoms with van der Waals surface area (Å²) in [6, 6.07) is 5.75. The molecule has 0 aromatic carbocycles. The van der Waals surface area contributed by atoms with Crippen LogP contribution >= 0.6 is 0 Å². The fraction of sp³-hybridized carbons (Fsp3) is 0.357. The van der Waals surface area contributed by atoms with Gasteiger partial charge in [0.1, 0.15) is 11.6 Å². The molecule has 1 saturated heterocycles. The summed E-state index contributed by atoms with van der Waals surface area (Å²) >= 11 is 0. The van der Waals surface area contributed by atoms with Crippen LogP contribution in [-0.2, 0) is 0 Å². The third kappa shape index (κ3) is 3.06. The maximum atomic E-state index is 4.64. The summed E-state index contributed by atoms with van der Waals surface area (Å²) in [5, 5.41) is 6.58. The average Bonchev–Trinajstić information content (AvgIpc) is 2.49. The summed E-state index contributed by atoms with van der Waals surface area (Å²) in [4.78, 5) is 13.1. The Morgan fingerprint density at radius 1 is 1.21 bits per heavy atom. The fourth-order valence-electron chi connectivity index (χ4n) is 2.31. The first-order valence-corrected chi connectivity index (χ1v) is 6.62. The Morgan fingerprint density at radius 3 is 3.00 bits per heavy atom. The molecule has 1 aliphatic rings. The van der Waals surface area contributed by atoms with Gasteiger partial charge in [0.15, 0.2) is 0 Å². The molecule has 5 heteroatoms. The molecule has 3 heterocycles. The molecular formula is C14H17N5. The van der Waals surface area contributed by atoms with Gasteiger partial charge in [0, 0.05) is 24.9 Å². The van der Waals surface area contributed by atoms with E-state index in [0.29, 0.717) is 5.92 Å². The molecule has 2 aromatic rings. The van der Waals surface area contributed by atoms with Crippen molar-refractivity contribution in [2.24, 2.45) is 0 Å². The molecule has 0 amide bonds. The number of piperidine rings is 1. The van der Waals surface area contributed by atoms with Crippen molar-refractivity contribution in [3.63, 3.8) is 0 Å². The van der Waals surface area contributed by atoms with E-state index in [0.717, 1.165) is 30.4 Å². The zero-order chi connectivity index (χ0) is 12.9. The van der Waals surface area contributed by atoms with Crippen molar-refractivity contribution in [3.8, 4) is 0 Å². The Balaban J connectivity index is 1.76. The van der Waals surface area contributed by atoms with Crippen LogP contribution < -0.4 is 10.6 Å². The highest BCUT2D eigenvalue weighted by atomic mass is 15.1. The van der Waals surface area contributed by atoms with E-state index in [1.54, 1.807) is 12.4 Å². The van der Waals surface area contributed by atoms with Gasteiger partial charge in [-0.25, -0.2) is 9.97 Å². The molecule has 1 aliphatic heterocycles. The highest BCUT2D eigenvalue weighted by Crippen LogP contribution is 2.22. The van der Waals surface area contributed by atoms with Crippen LogP contribution in [0.4, 0.5) is 11.6 Å². The van der Waals surface area contributed by atoms with Crippen LogP contribution in [-0.4, -0.2) is 28.0 Å². The lowest BCUT2D eigenvalue weighted by atomic mass is 9.96. The molecule has 1 fully saturated rings. The second-order valence-corrected chi connectivity index (χ2v) is 4.71. The molecule has 98 valence electrons. The topological polar surface area (TPSA) is 62.7 Å². The summed E-state index contributed by atoms with van der Waals surface area (Å²) in [7, 11) is 0. The third-order valence-corrected chi connectivity index (χ3v) is 3.29. The molecule has 0 bridgehead atoms. The van der Waals surface area contributed by atoms with Gasteiger partial charge in [0.05, 0.1) is 11.9 Å². The smallest absolute Gasteiger partial charge is 0.150 e. The second kappa shape index (κ2) is 5.75. The molecule has 3 rings (SSSR count). The summed E-state index contributed by atoms with van der Waals surface area (Å²) in [6.07, 6.45) is 7.72. The van der Waals surface area contributed by atoms with Gasteiger partial charge in [-0.05, 0) is 31.5 Å². The van der Waals surface area contributed by atoms with Gasteiger partial charge < -0.3 is 10.6 Å². The zero-order valence-corrected chi connectivity index (χ0v) is 10.7. The van der Waals surface area contributed by atoms with Gasteiger partial charge in [-0.15, -0.1) is 0 Å². The van der Waals surface area contributed by atoms with E-state index < -0.39 is 0 Å². The largest absolute Gasteiger partial charge is 0.324 e. The van der Waals surface area contributed by atoms with Crippen LogP contribution in [0.5, 0.6) is 0 Å². The predicted molar refractivity (Wildman–Crippen MR) is 74.4 cm³/mol. The van der Waals surface area contributed by atoms with Gasteiger partial charge in [-0.1, -0.05) is 6.07 Å². The van der Waals surface area contributed by atoms with Crippen molar-refractivity contribution >= 4 is 11.6 Å². The van der Waals surface area contributed by atoms with Gasteiger partial charge in [-0.3, -0.25) is 4.98 Å². The Bertz CT molecular complexity index is 522. The van der Waals surface area contributed by atoms with Gasteiger partial charge >= 0.3 is 0 Å². The monoisotopic (exact) mass is 255 g/mol.